The summed E-state index contributed by atoms with van der Waals surface area (Å²) in [5.74, 6) is 0.947. The van der Waals surface area contributed by atoms with Gasteiger partial charge in [-0.1, -0.05) is 30.3 Å². The minimum Gasteiger partial charge on any atom is -0.493 e. The van der Waals surface area contributed by atoms with E-state index in [1.54, 1.807) is 25.3 Å². The van der Waals surface area contributed by atoms with Crippen LogP contribution in [0.1, 0.15) is 18.1 Å². The number of halogens is 1. The molecule has 0 N–H and O–H groups in total. The van der Waals surface area contributed by atoms with Gasteiger partial charge < -0.3 is 14.2 Å². The molecule has 0 unspecified atom stereocenters. The van der Waals surface area contributed by atoms with Crippen LogP contribution in [0.3, 0.4) is 0 Å². The SMILES string of the molecule is CCOc1c(Br)cc(/C=C2N=C(/C=C/c3ccccc3)OC\2=O)cc1OC. The molecule has 0 aliphatic carbocycles. The van der Waals surface area contributed by atoms with Crippen molar-refractivity contribution in [2.75, 3.05) is 13.7 Å². The summed E-state index contributed by atoms with van der Waals surface area (Å²) in [5, 5.41) is 0. The van der Waals surface area contributed by atoms with Gasteiger partial charge in [0.2, 0.25) is 5.90 Å². The van der Waals surface area contributed by atoms with E-state index < -0.39 is 5.97 Å². The van der Waals surface area contributed by atoms with Gasteiger partial charge >= 0.3 is 5.97 Å². The molecule has 138 valence electrons. The van der Waals surface area contributed by atoms with E-state index in [4.69, 9.17) is 14.2 Å². The molecule has 5 nitrogen and oxygen atoms in total. The molecular weight excluding hydrogens is 410 g/mol. The number of hydrogen-bond acceptors (Lipinski definition) is 5. The number of methoxy groups -OCH3 is 1. The van der Waals surface area contributed by atoms with Gasteiger partial charge in [-0.25, -0.2) is 9.79 Å². The number of aliphatic imine (C=N–C) groups is 1. The van der Waals surface area contributed by atoms with Gasteiger partial charge in [-0.3, -0.25) is 0 Å². The molecule has 0 atom stereocenters. The van der Waals surface area contributed by atoms with Gasteiger partial charge in [-0.2, -0.15) is 0 Å². The number of rotatable bonds is 6. The molecule has 1 heterocycles. The summed E-state index contributed by atoms with van der Waals surface area (Å²) in [6.07, 6.45) is 5.16. The van der Waals surface area contributed by atoms with Gasteiger partial charge in [0.25, 0.3) is 0 Å². The molecule has 0 saturated heterocycles. The van der Waals surface area contributed by atoms with E-state index >= 15 is 0 Å². The summed E-state index contributed by atoms with van der Waals surface area (Å²) < 4.78 is 16.9. The second kappa shape index (κ2) is 8.68. The maximum atomic E-state index is 12.1. The summed E-state index contributed by atoms with van der Waals surface area (Å²) in [6.45, 7) is 2.42. The Morgan fingerprint density at radius 3 is 2.63 bits per heavy atom. The number of cyclic esters (lactones) is 1. The van der Waals surface area contributed by atoms with E-state index in [2.05, 4.69) is 20.9 Å². The van der Waals surface area contributed by atoms with Crippen molar-refractivity contribution in [1.29, 1.82) is 0 Å². The van der Waals surface area contributed by atoms with Crippen LogP contribution in [0.2, 0.25) is 0 Å². The quantitative estimate of drug-likeness (QED) is 0.487. The molecule has 3 rings (SSSR count). The normalized spacial score (nSPS) is 15.1. The lowest BCUT2D eigenvalue weighted by molar-refractivity contribution is -0.129. The number of hydrogen-bond donors (Lipinski definition) is 0. The van der Waals surface area contributed by atoms with Crippen LogP contribution in [0.4, 0.5) is 0 Å². The van der Waals surface area contributed by atoms with E-state index in [0.717, 1.165) is 15.6 Å². The van der Waals surface area contributed by atoms with Crippen LogP contribution in [0.15, 0.2) is 63.7 Å². The van der Waals surface area contributed by atoms with E-state index in [1.165, 1.54) is 0 Å². The van der Waals surface area contributed by atoms with Crippen LogP contribution in [-0.2, 0) is 9.53 Å². The molecule has 0 aromatic heterocycles. The van der Waals surface area contributed by atoms with Crippen molar-refractivity contribution in [3.05, 3.63) is 69.8 Å². The lowest BCUT2D eigenvalue weighted by Crippen LogP contribution is -2.01. The minimum atomic E-state index is -0.494. The second-order valence-electron chi connectivity index (χ2n) is 5.58. The largest absolute Gasteiger partial charge is 0.493 e. The molecule has 0 saturated carbocycles. The molecule has 0 bridgehead atoms. The lowest BCUT2D eigenvalue weighted by Gasteiger charge is -2.12. The molecule has 0 fully saturated rings. The van der Waals surface area contributed by atoms with Crippen molar-refractivity contribution < 1.29 is 19.0 Å². The summed E-state index contributed by atoms with van der Waals surface area (Å²) in [4.78, 5) is 16.4. The maximum absolute atomic E-state index is 12.1. The highest BCUT2D eigenvalue weighted by molar-refractivity contribution is 9.10. The Kier molecular flexibility index (Phi) is 6.08. The third-order valence-corrected chi connectivity index (χ3v) is 4.29. The van der Waals surface area contributed by atoms with Crippen LogP contribution in [0.25, 0.3) is 12.2 Å². The topological polar surface area (TPSA) is 57.1 Å². The minimum absolute atomic E-state index is 0.223. The molecule has 6 heteroatoms. The van der Waals surface area contributed by atoms with E-state index in [-0.39, 0.29) is 11.6 Å². The first-order valence-electron chi connectivity index (χ1n) is 8.36. The molecule has 0 spiro atoms. The summed E-state index contributed by atoms with van der Waals surface area (Å²) >= 11 is 3.47. The Balaban J connectivity index is 1.86. The average molecular weight is 428 g/mol. The van der Waals surface area contributed by atoms with Gasteiger partial charge in [0, 0.05) is 6.08 Å². The van der Waals surface area contributed by atoms with Crippen LogP contribution < -0.4 is 9.47 Å². The molecule has 2 aromatic rings. The van der Waals surface area contributed by atoms with Crippen molar-refractivity contribution in [2.24, 2.45) is 4.99 Å². The standard InChI is InChI=1S/C21H18BrNO4/c1-3-26-20-16(22)11-15(13-18(20)25-2)12-17-21(24)27-19(23-17)10-9-14-7-5-4-6-8-14/h4-13H,3H2,1-2H3/b10-9+,17-12-. The van der Waals surface area contributed by atoms with Crippen LogP contribution in [0, 0.1) is 0 Å². The first kappa shape index (κ1) is 18.9. The van der Waals surface area contributed by atoms with Gasteiger partial charge in [0.15, 0.2) is 17.2 Å². The number of nitrogens with zero attached hydrogens (tertiary/aromatic N) is 1. The summed E-state index contributed by atoms with van der Waals surface area (Å²) in [7, 11) is 1.57. The predicted molar refractivity (Wildman–Crippen MR) is 109 cm³/mol. The monoisotopic (exact) mass is 427 g/mol. The predicted octanol–water partition coefficient (Wildman–Crippen LogP) is 4.87. The Labute approximate surface area is 166 Å². The molecule has 0 amide bonds. The molecule has 1 aliphatic heterocycles. The second-order valence-corrected chi connectivity index (χ2v) is 6.43. The number of carbonyl (C=O) groups is 1. The van der Waals surface area contributed by atoms with Crippen molar-refractivity contribution in [3.63, 3.8) is 0 Å². The lowest BCUT2D eigenvalue weighted by atomic mass is 10.1. The smallest absolute Gasteiger partial charge is 0.363 e. The van der Waals surface area contributed by atoms with Gasteiger partial charge in [0.1, 0.15) is 0 Å². The zero-order valence-electron chi connectivity index (χ0n) is 14.9. The van der Waals surface area contributed by atoms with Crippen molar-refractivity contribution in [1.82, 2.24) is 0 Å². The number of esters is 1. The van der Waals surface area contributed by atoms with Crippen LogP contribution in [0.5, 0.6) is 11.5 Å². The third-order valence-electron chi connectivity index (χ3n) is 3.70. The number of benzene rings is 2. The van der Waals surface area contributed by atoms with E-state index in [9.17, 15) is 4.79 Å². The maximum Gasteiger partial charge on any atom is 0.363 e. The Hall–Kier alpha value is -2.86. The van der Waals surface area contributed by atoms with Gasteiger partial charge in [-0.05, 0) is 58.3 Å². The zero-order valence-corrected chi connectivity index (χ0v) is 16.5. The van der Waals surface area contributed by atoms with Crippen molar-refractivity contribution >= 4 is 39.9 Å². The summed E-state index contributed by atoms with van der Waals surface area (Å²) in [5.41, 5.74) is 1.96. The van der Waals surface area contributed by atoms with E-state index in [1.807, 2.05) is 49.4 Å². The fourth-order valence-electron chi connectivity index (χ4n) is 2.49. The summed E-state index contributed by atoms with van der Waals surface area (Å²) in [6, 6.07) is 13.3. The highest BCUT2D eigenvalue weighted by Gasteiger charge is 2.21. The zero-order chi connectivity index (χ0) is 19.2. The first-order chi connectivity index (χ1) is 13.1. The highest BCUT2D eigenvalue weighted by atomic mass is 79.9. The molecule has 0 radical (unpaired) electrons. The molecular formula is C21H18BrNO4. The average Bonchev–Trinajstić information content (AvgIpc) is 3.02. The fraction of sp³-hybridized carbons (Fsp3) is 0.143. The fourth-order valence-corrected chi connectivity index (χ4v) is 3.07. The Morgan fingerprint density at radius 1 is 1.15 bits per heavy atom. The van der Waals surface area contributed by atoms with E-state index in [0.29, 0.717) is 18.1 Å². The third kappa shape index (κ3) is 4.65. The highest BCUT2D eigenvalue weighted by Crippen LogP contribution is 2.37. The van der Waals surface area contributed by atoms with Crippen molar-refractivity contribution in [2.45, 2.75) is 6.92 Å². The van der Waals surface area contributed by atoms with Gasteiger partial charge in [-0.15, -0.1) is 0 Å². The Morgan fingerprint density at radius 2 is 1.93 bits per heavy atom. The van der Waals surface area contributed by atoms with Crippen LogP contribution in [-0.4, -0.2) is 25.6 Å². The molecule has 1 aliphatic rings. The van der Waals surface area contributed by atoms with Crippen LogP contribution >= 0.6 is 15.9 Å². The molecule has 2 aromatic carbocycles. The molecule has 27 heavy (non-hydrogen) atoms. The van der Waals surface area contributed by atoms with Crippen molar-refractivity contribution in [3.8, 4) is 11.5 Å². The first-order valence-corrected chi connectivity index (χ1v) is 9.16. The number of ether oxygens (including phenoxy) is 3. The number of carbonyl (C=O) groups excluding carboxylic acids is 1. The van der Waals surface area contributed by atoms with Gasteiger partial charge in [0.05, 0.1) is 18.2 Å². The Bertz CT molecular complexity index is 933.